The molecule has 7 heteroatoms. The van der Waals surface area contributed by atoms with Crippen LogP contribution in [0, 0.1) is 0 Å². The van der Waals surface area contributed by atoms with Gasteiger partial charge in [-0.25, -0.2) is 4.79 Å². The molecule has 0 aromatic heterocycles. The quantitative estimate of drug-likeness (QED) is 0.731. The molecular weight excluding hydrogens is 274 g/mol. The Labute approximate surface area is 122 Å². The van der Waals surface area contributed by atoms with Crippen LogP contribution < -0.4 is 11.1 Å². The highest BCUT2D eigenvalue weighted by atomic mass is 16.4. The number of aliphatic carboxylic acids is 1. The number of primary amides is 1. The first-order chi connectivity index (χ1) is 9.79. The van der Waals surface area contributed by atoms with Crippen LogP contribution in [-0.4, -0.2) is 41.0 Å². The summed E-state index contributed by atoms with van der Waals surface area (Å²) in [5.74, 6) is -1.70. The Kier molecular flexibility index (Phi) is 5.71. The van der Waals surface area contributed by atoms with Crippen molar-refractivity contribution in [2.75, 3.05) is 18.4 Å². The second-order valence-electron chi connectivity index (χ2n) is 4.93. The summed E-state index contributed by atoms with van der Waals surface area (Å²) in [7, 11) is 0. The minimum Gasteiger partial charge on any atom is -0.480 e. The molecule has 1 rings (SSSR count). The summed E-state index contributed by atoms with van der Waals surface area (Å²) in [5, 5.41) is 11.3. The smallest absolute Gasteiger partial charge is 0.323 e. The van der Waals surface area contributed by atoms with Crippen LogP contribution in [0.15, 0.2) is 24.3 Å². The van der Waals surface area contributed by atoms with Crippen LogP contribution in [0.2, 0.25) is 0 Å². The maximum atomic E-state index is 12.0. The highest BCUT2D eigenvalue weighted by Crippen LogP contribution is 2.18. The number of rotatable bonds is 6. The zero-order chi connectivity index (χ0) is 16.0. The van der Waals surface area contributed by atoms with Crippen LogP contribution >= 0.6 is 0 Å². The highest BCUT2D eigenvalue weighted by Gasteiger charge is 2.19. The fraction of sp³-hybridized carbons (Fsp3) is 0.357. The van der Waals surface area contributed by atoms with Crippen LogP contribution in [0.5, 0.6) is 0 Å². The van der Waals surface area contributed by atoms with E-state index < -0.39 is 31.0 Å². The molecule has 1 aromatic carbocycles. The van der Waals surface area contributed by atoms with Crippen LogP contribution in [0.1, 0.15) is 25.3 Å². The van der Waals surface area contributed by atoms with Gasteiger partial charge in [-0.05, 0) is 23.6 Å². The number of nitrogens with zero attached hydrogens (tertiary/aromatic N) is 1. The predicted octanol–water partition coefficient (Wildman–Crippen LogP) is 1.21. The van der Waals surface area contributed by atoms with Gasteiger partial charge in [0.25, 0.3) is 0 Å². The molecule has 21 heavy (non-hydrogen) atoms. The monoisotopic (exact) mass is 293 g/mol. The normalized spacial score (nSPS) is 10.2. The molecule has 0 fully saturated rings. The number of benzene rings is 1. The van der Waals surface area contributed by atoms with E-state index in [1.54, 1.807) is 18.2 Å². The van der Waals surface area contributed by atoms with E-state index in [0.29, 0.717) is 11.6 Å². The average Bonchev–Trinajstić information content (AvgIpc) is 2.37. The third-order valence-corrected chi connectivity index (χ3v) is 2.76. The van der Waals surface area contributed by atoms with Crippen molar-refractivity contribution in [3.05, 3.63) is 29.8 Å². The summed E-state index contributed by atoms with van der Waals surface area (Å²) >= 11 is 0. The minimum absolute atomic E-state index is 0.294. The van der Waals surface area contributed by atoms with Crippen molar-refractivity contribution >= 4 is 23.6 Å². The van der Waals surface area contributed by atoms with E-state index in [1.165, 1.54) is 0 Å². The van der Waals surface area contributed by atoms with Gasteiger partial charge in [0, 0.05) is 5.69 Å². The first-order valence-electron chi connectivity index (χ1n) is 6.45. The van der Waals surface area contributed by atoms with E-state index in [9.17, 15) is 14.4 Å². The lowest BCUT2D eigenvalue weighted by molar-refractivity contribution is -0.137. The van der Waals surface area contributed by atoms with E-state index in [-0.39, 0.29) is 0 Å². The third kappa shape index (κ3) is 5.52. The largest absolute Gasteiger partial charge is 0.480 e. The number of anilines is 1. The van der Waals surface area contributed by atoms with Gasteiger partial charge in [0.05, 0.1) is 0 Å². The van der Waals surface area contributed by atoms with Crippen LogP contribution in [0.3, 0.4) is 0 Å². The summed E-state index contributed by atoms with van der Waals surface area (Å²) in [5.41, 5.74) is 6.58. The molecule has 7 nitrogen and oxygen atoms in total. The van der Waals surface area contributed by atoms with E-state index in [1.807, 2.05) is 19.9 Å². The Hall–Kier alpha value is -2.57. The Morgan fingerprint density at radius 1 is 1.29 bits per heavy atom. The highest BCUT2D eigenvalue weighted by molar-refractivity contribution is 5.94. The van der Waals surface area contributed by atoms with Gasteiger partial charge in [0.1, 0.15) is 13.1 Å². The molecule has 1 aromatic rings. The second kappa shape index (κ2) is 7.28. The summed E-state index contributed by atoms with van der Waals surface area (Å²) in [6.45, 7) is 2.98. The molecule has 0 saturated heterocycles. The first kappa shape index (κ1) is 16.5. The molecule has 0 aliphatic heterocycles. The number of amides is 3. The van der Waals surface area contributed by atoms with Gasteiger partial charge in [-0.2, -0.15) is 0 Å². The summed E-state index contributed by atoms with van der Waals surface area (Å²) in [4.78, 5) is 34.5. The molecule has 4 N–H and O–H groups in total. The van der Waals surface area contributed by atoms with Crippen LogP contribution in [0.4, 0.5) is 10.5 Å². The molecule has 0 saturated carbocycles. The molecule has 3 amide bonds. The van der Waals surface area contributed by atoms with Crippen molar-refractivity contribution in [3.63, 3.8) is 0 Å². The molecule has 0 atom stereocenters. The second-order valence-corrected chi connectivity index (χ2v) is 4.93. The Morgan fingerprint density at radius 3 is 2.48 bits per heavy atom. The number of carboxylic acid groups (broad SMARTS) is 1. The maximum absolute atomic E-state index is 12.0. The minimum atomic E-state index is -1.22. The van der Waals surface area contributed by atoms with Crippen molar-refractivity contribution in [1.29, 1.82) is 0 Å². The van der Waals surface area contributed by atoms with Crippen molar-refractivity contribution in [2.24, 2.45) is 5.73 Å². The van der Waals surface area contributed by atoms with E-state index in [2.05, 4.69) is 5.32 Å². The van der Waals surface area contributed by atoms with Gasteiger partial charge in [0.2, 0.25) is 5.91 Å². The molecule has 0 aliphatic carbocycles. The summed E-state index contributed by atoms with van der Waals surface area (Å²) < 4.78 is 0. The Balaban J connectivity index is 2.82. The number of nitrogens with two attached hydrogens (primary N) is 1. The lowest BCUT2D eigenvalue weighted by Crippen LogP contribution is -2.43. The van der Waals surface area contributed by atoms with Gasteiger partial charge in [-0.1, -0.05) is 26.0 Å². The maximum Gasteiger partial charge on any atom is 0.323 e. The number of carbonyl (C=O) groups excluding carboxylic acids is 2. The van der Waals surface area contributed by atoms with Gasteiger partial charge in [-0.15, -0.1) is 0 Å². The summed E-state index contributed by atoms with van der Waals surface area (Å²) in [6, 6.07) is 6.52. The molecule has 0 heterocycles. The van der Waals surface area contributed by atoms with E-state index in [0.717, 1.165) is 10.5 Å². The standard InChI is InChI=1S/C14H19N3O4/c1-9(2)10-4-3-5-11(6-10)16-14(21)17(7-12(15)18)8-13(19)20/h3-6,9H,7-8H2,1-2H3,(H2,15,18)(H,16,21)(H,19,20). The van der Waals surface area contributed by atoms with Gasteiger partial charge >= 0.3 is 12.0 Å². The van der Waals surface area contributed by atoms with Crippen molar-refractivity contribution in [3.8, 4) is 0 Å². The zero-order valence-electron chi connectivity index (χ0n) is 12.0. The molecule has 0 aliphatic rings. The SMILES string of the molecule is CC(C)c1cccc(NC(=O)N(CC(N)=O)CC(=O)O)c1. The predicted molar refractivity (Wildman–Crippen MR) is 78.0 cm³/mol. The Bertz CT molecular complexity index is 527. The fourth-order valence-corrected chi connectivity index (χ4v) is 1.73. The lowest BCUT2D eigenvalue weighted by atomic mass is 10.0. The van der Waals surface area contributed by atoms with E-state index >= 15 is 0 Å². The van der Waals surface area contributed by atoms with Gasteiger partial charge in [0.15, 0.2) is 0 Å². The zero-order valence-corrected chi connectivity index (χ0v) is 12.0. The van der Waals surface area contributed by atoms with Crippen LogP contribution in [0.25, 0.3) is 0 Å². The van der Waals surface area contributed by atoms with Gasteiger partial charge < -0.3 is 21.1 Å². The molecular formula is C14H19N3O4. The first-order valence-corrected chi connectivity index (χ1v) is 6.45. The summed E-state index contributed by atoms with van der Waals surface area (Å²) in [6.07, 6.45) is 0. The average molecular weight is 293 g/mol. The number of carbonyl (C=O) groups is 3. The topological polar surface area (TPSA) is 113 Å². The number of nitrogens with one attached hydrogen (secondary N) is 1. The molecule has 0 radical (unpaired) electrons. The van der Waals surface area contributed by atoms with Crippen LogP contribution in [-0.2, 0) is 9.59 Å². The fourth-order valence-electron chi connectivity index (χ4n) is 1.73. The number of hydrogen-bond acceptors (Lipinski definition) is 3. The third-order valence-electron chi connectivity index (χ3n) is 2.76. The lowest BCUT2D eigenvalue weighted by Gasteiger charge is -2.20. The number of hydrogen-bond donors (Lipinski definition) is 3. The van der Waals surface area contributed by atoms with Crippen molar-refractivity contribution in [1.82, 2.24) is 4.90 Å². The molecule has 0 bridgehead atoms. The molecule has 0 spiro atoms. The number of carboxylic acids is 1. The van der Waals surface area contributed by atoms with Crippen molar-refractivity contribution in [2.45, 2.75) is 19.8 Å². The van der Waals surface area contributed by atoms with E-state index in [4.69, 9.17) is 10.8 Å². The van der Waals surface area contributed by atoms with Gasteiger partial charge in [-0.3, -0.25) is 9.59 Å². The molecule has 0 unspecified atom stereocenters. The van der Waals surface area contributed by atoms with Crippen molar-refractivity contribution < 1.29 is 19.5 Å². The Morgan fingerprint density at radius 2 is 1.95 bits per heavy atom. The number of urea groups is 1. The molecule has 114 valence electrons.